The van der Waals surface area contributed by atoms with Crippen LogP contribution in [0.15, 0.2) is 47.4 Å². The van der Waals surface area contributed by atoms with Crippen LogP contribution in [0.2, 0.25) is 0 Å². The fraction of sp³-hybridized carbons (Fsp3) is 0.280. The molecule has 184 valence electrons. The fourth-order valence-corrected chi connectivity index (χ4v) is 3.99. The molecule has 3 rings (SSSR count). The van der Waals surface area contributed by atoms with Crippen molar-refractivity contribution in [2.24, 2.45) is 0 Å². The third-order valence-electron chi connectivity index (χ3n) is 4.79. The number of hydrogen-bond acceptors (Lipinski definition) is 8. The number of thioether (sulfide) groups is 1. The largest absolute Gasteiger partial charge is 0.493 e. The second-order valence-corrected chi connectivity index (χ2v) is 8.86. The first-order valence-corrected chi connectivity index (χ1v) is 11.6. The van der Waals surface area contributed by atoms with Crippen molar-refractivity contribution in [1.29, 1.82) is 0 Å². The molecule has 0 saturated carbocycles. The number of nitrogens with zero attached hydrogens (tertiary/aromatic N) is 1. The van der Waals surface area contributed by atoms with Gasteiger partial charge in [-0.05, 0) is 67.9 Å². The molecule has 0 radical (unpaired) electrons. The van der Waals surface area contributed by atoms with E-state index in [9.17, 15) is 19.2 Å². The number of rotatable bonds is 9. The molecule has 10 heteroatoms. The van der Waals surface area contributed by atoms with Crippen molar-refractivity contribution in [3.63, 3.8) is 0 Å². The van der Waals surface area contributed by atoms with Crippen molar-refractivity contribution in [2.45, 2.75) is 26.9 Å². The van der Waals surface area contributed by atoms with E-state index in [-0.39, 0.29) is 23.5 Å². The summed E-state index contributed by atoms with van der Waals surface area (Å²) < 4.78 is 16.0. The van der Waals surface area contributed by atoms with Gasteiger partial charge >= 0.3 is 5.97 Å². The van der Waals surface area contributed by atoms with Crippen LogP contribution in [0, 0.1) is 6.92 Å². The van der Waals surface area contributed by atoms with Crippen LogP contribution in [-0.4, -0.2) is 54.3 Å². The monoisotopic (exact) mass is 498 g/mol. The molecule has 1 heterocycles. The molecular weight excluding hydrogens is 472 g/mol. The van der Waals surface area contributed by atoms with Crippen LogP contribution in [0.25, 0.3) is 6.08 Å². The van der Waals surface area contributed by atoms with E-state index in [4.69, 9.17) is 14.2 Å². The average molecular weight is 499 g/mol. The molecule has 3 amide bonds. The zero-order valence-corrected chi connectivity index (χ0v) is 20.6. The number of amides is 3. The first-order chi connectivity index (χ1) is 16.7. The van der Waals surface area contributed by atoms with Crippen molar-refractivity contribution in [3.8, 4) is 11.5 Å². The molecule has 2 aromatic rings. The van der Waals surface area contributed by atoms with Gasteiger partial charge in [0.05, 0.1) is 18.1 Å². The van der Waals surface area contributed by atoms with Crippen LogP contribution >= 0.6 is 11.8 Å². The summed E-state index contributed by atoms with van der Waals surface area (Å²) in [6, 6.07) is 12.3. The van der Waals surface area contributed by atoms with Gasteiger partial charge in [-0.1, -0.05) is 24.3 Å². The second-order valence-electron chi connectivity index (χ2n) is 7.87. The number of esters is 1. The SMILES string of the molecule is COc1cc(/C=C2\SC(=O)N(CC(=O)OC(C)C)C2=O)ccc1OCC(=O)Nc1ccccc1C. The summed E-state index contributed by atoms with van der Waals surface area (Å²) in [4.78, 5) is 50.0. The molecule has 0 atom stereocenters. The molecular formula is C25H26N2O7S. The highest BCUT2D eigenvalue weighted by Gasteiger charge is 2.36. The van der Waals surface area contributed by atoms with Crippen LogP contribution in [0.3, 0.4) is 0 Å². The van der Waals surface area contributed by atoms with E-state index in [1.54, 1.807) is 38.1 Å². The lowest BCUT2D eigenvalue weighted by Crippen LogP contribution is -2.35. The Kier molecular flexibility index (Phi) is 8.53. The summed E-state index contributed by atoms with van der Waals surface area (Å²) in [7, 11) is 1.45. The zero-order chi connectivity index (χ0) is 25.5. The van der Waals surface area contributed by atoms with Gasteiger partial charge in [0.1, 0.15) is 6.54 Å². The third kappa shape index (κ3) is 6.86. The fourth-order valence-electron chi connectivity index (χ4n) is 3.15. The van der Waals surface area contributed by atoms with E-state index in [0.29, 0.717) is 22.7 Å². The number of ether oxygens (including phenoxy) is 3. The van der Waals surface area contributed by atoms with Gasteiger partial charge in [0, 0.05) is 5.69 Å². The van der Waals surface area contributed by atoms with Gasteiger partial charge in [0.2, 0.25) is 0 Å². The van der Waals surface area contributed by atoms with Gasteiger partial charge < -0.3 is 19.5 Å². The highest BCUT2D eigenvalue weighted by molar-refractivity contribution is 8.18. The maximum Gasteiger partial charge on any atom is 0.326 e. The maximum absolute atomic E-state index is 12.6. The molecule has 0 aliphatic carbocycles. The molecule has 2 aromatic carbocycles. The van der Waals surface area contributed by atoms with Crippen molar-refractivity contribution in [2.75, 3.05) is 25.6 Å². The van der Waals surface area contributed by atoms with E-state index in [1.165, 1.54) is 13.2 Å². The number of para-hydroxylation sites is 1. The summed E-state index contributed by atoms with van der Waals surface area (Å²) in [6.45, 7) is 4.59. The quantitative estimate of drug-likeness (QED) is 0.408. The predicted octanol–water partition coefficient (Wildman–Crippen LogP) is 4.01. The Labute approximate surface area is 207 Å². The van der Waals surface area contributed by atoms with Gasteiger partial charge in [-0.25, -0.2) is 0 Å². The van der Waals surface area contributed by atoms with E-state index in [2.05, 4.69) is 5.32 Å². The number of carbonyl (C=O) groups excluding carboxylic acids is 4. The Balaban J connectivity index is 1.66. The first kappa shape index (κ1) is 25.8. The Morgan fingerprint density at radius 1 is 1.11 bits per heavy atom. The number of anilines is 1. The van der Waals surface area contributed by atoms with Crippen LogP contribution in [-0.2, 0) is 19.1 Å². The van der Waals surface area contributed by atoms with E-state index < -0.39 is 23.7 Å². The number of benzene rings is 2. The van der Waals surface area contributed by atoms with Crippen molar-refractivity contribution in [1.82, 2.24) is 4.90 Å². The lowest BCUT2D eigenvalue weighted by molar-refractivity contribution is -0.149. The first-order valence-electron chi connectivity index (χ1n) is 10.8. The number of imide groups is 1. The van der Waals surface area contributed by atoms with Crippen LogP contribution in [0.1, 0.15) is 25.0 Å². The number of hydrogen-bond donors (Lipinski definition) is 1. The molecule has 0 bridgehead atoms. The van der Waals surface area contributed by atoms with Crippen LogP contribution in [0.4, 0.5) is 10.5 Å². The van der Waals surface area contributed by atoms with Crippen molar-refractivity contribution in [3.05, 3.63) is 58.5 Å². The molecule has 1 N–H and O–H groups in total. The molecule has 0 spiro atoms. The minimum atomic E-state index is -0.654. The summed E-state index contributed by atoms with van der Waals surface area (Å²) in [6.07, 6.45) is 1.18. The highest BCUT2D eigenvalue weighted by atomic mass is 32.2. The van der Waals surface area contributed by atoms with Gasteiger partial charge in [-0.15, -0.1) is 0 Å². The Bertz CT molecular complexity index is 1180. The minimum absolute atomic E-state index is 0.167. The number of aryl methyl sites for hydroxylation is 1. The molecule has 1 saturated heterocycles. The molecule has 9 nitrogen and oxygen atoms in total. The van der Waals surface area contributed by atoms with Crippen molar-refractivity contribution < 1.29 is 33.4 Å². The topological polar surface area (TPSA) is 111 Å². The number of carbonyl (C=O) groups is 4. The summed E-state index contributed by atoms with van der Waals surface area (Å²) in [5, 5.41) is 2.24. The molecule has 1 aliphatic rings. The Morgan fingerprint density at radius 3 is 2.54 bits per heavy atom. The zero-order valence-electron chi connectivity index (χ0n) is 19.8. The number of nitrogens with one attached hydrogen (secondary N) is 1. The Morgan fingerprint density at radius 2 is 1.86 bits per heavy atom. The average Bonchev–Trinajstić information content (AvgIpc) is 3.06. The van der Waals surface area contributed by atoms with Crippen LogP contribution < -0.4 is 14.8 Å². The predicted molar refractivity (Wildman–Crippen MR) is 132 cm³/mol. The minimum Gasteiger partial charge on any atom is -0.493 e. The van der Waals surface area contributed by atoms with Crippen molar-refractivity contribution >= 4 is 46.5 Å². The van der Waals surface area contributed by atoms with Gasteiger partial charge in [-0.3, -0.25) is 24.1 Å². The van der Waals surface area contributed by atoms with E-state index in [1.807, 2.05) is 25.1 Å². The lowest BCUT2D eigenvalue weighted by atomic mass is 10.2. The Hall–Kier alpha value is -3.79. The molecule has 0 unspecified atom stereocenters. The second kappa shape index (κ2) is 11.6. The molecule has 1 aliphatic heterocycles. The summed E-state index contributed by atoms with van der Waals surface area (Å²) in [5.74, 6) is -0.863. The van der Waals surface area contributed by atoms with Crippen LogP contribution in [0.5, 0.6) is 11.5 Å². The third-order valence-corrected chi connectivity index (χ3v) is 5.70. The van der Waals surface area contributed by atoms with E-state index >= 15 is 0 Å². The summed E-state index contributed by atoms with van der Waals surface area (Å²) >= 11 is 0.737. The molecule has 0 aromatic heterocycles. The summed E-state index contributed by atoms with van der Waals surface area (Å²) in [5.41, 5.74) is 2.22. The number of methoxy groups -OCH3 is 1. The maximum atomic E-state index is 12.6. The molecule has 1 fully saturated rings. The normalized spacial score (nSPS) is 14.4. The molecule has 35 heavy (non-hydrogen) atoms. The van der Waals surface area contributed by atoms with E-state index in [0.717, 1.165) is 22.2 Å². The smallest absolute Gasteiger partial charge is 0.326 e. The van der Waals surface area contributed by atoms with Gasteiger partial charge in [-0.2, -0.15) is 0 Å². The van der Waals surface area contributed by atoms with Gasteiger partial charge in [0.25, 0.3) is 17.1 Å². The van der Waals surface area contributed by atoms with Gasteiger partial charge in [0.15, 0.2) is 18.1 Å². The lowest BCUT2D eigenvalue weighted by Gasteiger charge is -2.13. The highest BCUT2D eigenvalue weighted by Crippen LogP contribution is 2.34. The standard InChI is InChI=1S/C25H26N2O7S/c1-15(2)34-23(29)13-27-24(30)21(35-25(27)31)12-17-9-10-19(20(11-17)32-4)33-14-22(28)26-18-8-6-5-7-16(18)3/h5-12,15H,13-14H2,1-4H3,(H,26,28)/b21-12-.